The van der Waals surface area contributed by atoms with Crippen LogP contribution >= 0.6 is 0 Å². The molecule has 1 amide bonds. The van der Waals surface area contributed by atoms with E-state index in [1.54, 1.807) is 6.07 Å². The minimum Gasteiger partial charge on any atom is -0.395 e. The number of aliphatic hydroxyl groups excluding tert-OH is 2. The zero-order chi connectivity index (χ0) is 15.8. The van der Waals surface area contributed by atoms with Crippen LogP contribution in [0.1, 0.15) is 24.2 Å². The average Bonchev–Trinajstić information content (AvgIpc) is 2.48. The van der Waals surface area contributed by atoms with Crippen LogP contribution in [0.2, 0.25) is 0 Å². The highest BCUT2D eigenvalue weighted by Gasteiger charge is 2.15. The topological polar surface area (TPSA) is 90.0 Å². The Morgan fingerprint density at radius 2 is 1.67 bits per heavy atom. The molecule has 0 aliphatic carbocycles. The van der Waals surface area contributed by atoms with Gasteiger partial charge in [0.2, 0.25) is 0 Å². The summed E-state index contributed by atoms with van der Waals surface area (Å²) in [4.78, 5) is 15.6. The van der Waals surface area contributed by atoms with Crippen LogP contribution in [0.4, 0.5) is 11.4 Å². The van der Waals surface area contributed by atoms with E-state index in [1.165, 1.54) is 0 Å². The van der Waals surface area contributed by atoms with Gasteiger partial charge in [-0.3, -0.25) is 4.79 Å². The van der Waals surface area contributed by atoms with Gasteiger partial charge in [0, 0.05) is 37.6 Å². The molecule has 0 aliphatic rings. The predicted octanol–water partition coefficient (Wildman–Crippen LogP) is 0.423. The number of hydrogen-bond acceptors (Lipinski definition) is 5. The second-order valence-corrected chi connectivity index (χ2v) is 4.67. The number of benzene rings is 1. The van der Waals surface area contributed by atoms with Gasteiger partial charge in [0.05, 0.1) is 18.8 Å². The molecule has 0 spiro atoms. The first-order chi connectivity index (χ1) is 10.1. The summed E-state index contributed by atoms with van der Waals surface area (Å²) < 4.78 is 0. The first kappa shape index (κ1) is 17.3. The van der Waals surface area contributed by atoms with Crippen LogP contribution in [0.5, 0.6) is 0 Å². The fourth-order valence-corrected chi connectivity index (χ4v) is 2.37. The van der Waals surface area contributed by atoms with Crippen molar-refractivity contribution in [3.8, 4) is 0 Å². The van der Waals surface area contributed by atoms with E-state index in [-0.39, 0.29) is 13.2 Å². The molecule has 21 heavy (non-hydrogen) atoms. The third kappa shape index (κ3) is 4.34. The largest absolute Gasteiger partial charge is 0.395 e. The highest BCUT2D eigenvalue weighted by Crippen LogP contribution is 2.26. The Balaban J connectivity index is 3.20. The van der Waals surface area contributed by atoms with Gasteiger partial charge in [-0.1, -0.05) is 0 Å². The molecule has 1 aromatic carbocycles. The van der Waals surface area contributed by atoms with Gasteiger partial charge >= 0.3 is 0 Å². The molecule has 0 atom stereocenters. The molecule has 0 bridgehead atoms. The van der Waals surface area contributed by atoms with E-state index in [1.807, 2.05) is 30.9 Å². The van der Waals surface area contributed by atoms with Crippen LogP contribution in [-0.4, -0.2) is 55.5 Å². The first-order valence-electron chi connectivity index (χ1n) is 7.24. The summed E-state index contributed by atoms with van der Waals surface area (Å²) in [5, 5.41) is 18.2. The van der Waals surface area contributed by atoms with Gasteiger partial charge in [-0.25, -0.2) is 0 Å². The van der Waals surface area contributed by atoms with Crippen molar-refractivity contribution in [3.05, 3.63) is 23.8 Å². The Morgan fingerprint density at radius 1 is 1.10 bits per heavy atom. The van der Waals surface area contributed by atoms with E-state index in [9.17, 15) is 4.79 Å². The number of carbonyl (C=O) groups is 1. The molecule has 6 nitrogen and oxygen atoms in total. The summed E-state index contributed by atoms with van der Waals surface area (Å²) in [7, 11) is 0. The molecule has 0 aromatic heterocycles. The number of aliphatic hydroxyl groups is 2. The van der Waals surface area contributed by atoms with E-state index >= 15 is 0 Å². The Kier molecular flexibility index (Phi) is 6.98. The lowest BCUT2D eigenvalue weighted by molar-refractivity contribution is 0.100. The second-order valence-electron chi connectivity index (χ2n) is 4.67. The van der Waals surface area contributed by atoms with Gasteiger partial charge in [-0.15, -0.1) is 0 Å². The lowest BCUT2D eigenvalue weighted by Crippen LogP contribution is -2.31. The molecule has 6 heteroatoms. The minimum atomic E-state index is -0.480. The van der Waals surface area contributed by atoms with E-state index in [0.29, 0.717) is 18.7 Å². The van der Waals surface area contributed by atoms with Crippen molar-refractivity contribution in [2.24, 2.45) is 5.73 Å². The van der Waals surface area contributed by atoms with Gasteiger partial charge < -0.3 is 25.7 Å². The molecule has 1 aromatic rings. The highest BCUT2D eigenvalue weighted by molar-refractivity contribution is 5.99. The third-order valence-electron chi connectivity index (χ3n) is 3.45. The molecular formula is C15H25N3O3. The first-order valence-corrected chi connectivity index (χ1v) is 7.24. The van der Waals surface area contributed by atoms with E-state index in [4.69, 9.17) is 15.9 Å². The van der Waals surface area contributed by atoms with Gasteiger partial charge in [-0.2, -0.15) is 0 Å². The minimum absolute atomic E-state index is 0.0241. The predicted molar refractivity (Wildman–Crippen MR) is 84.9 cm³/mol. The van der Waals surface area contributed by atoms with Gasteiger partial charge in [0.25, 0.3) is 5.91 Å². The number of rotatable bonds is 9. The highest BCUT2D eigenvalue weighted by atomic mass is 16.3. The molecule has 0 unspecified atom stereocenters. The van der Waals surface area contributed by atoms with Crippen LogP contribution in [0, 0.1) is 0 Å². The van der Waals surface area contributed by atoms with E-state index < -0.39 is 5.91 Å². The summed E-state index contributed by atoms with van der Waals surface area (Å²) in [6.07, 6.45) is 0. The van der Waals surface area contributed by atoms with Crippen molar-refractivity contribution in [2.75, 3.05) is 49.2 Å². The van der Waals surface area contributed by atoms with Crippen molar-refractivity contribution in [2.45, 2.75) is 13.8 Å². The van der Waals surface area contributed by atoms with Crippen LogP contribution < -0.4 is 15.5 Å². The molecule has 0 saturated carbocycles. The number of nitrogens with zero attached hydrogens (tertiary/aromatic N) is 2. The van der Waals surface area contributed by atoms with Crippen molar-refractivity contribution in [3.63, 3.8) is 0 Å². The van der Waals surface area contributed by atoms with Gasteiger partial charge in [0.1, 0.15) is 0 Å². The third-order valence-corrected chi connectivity index (χ3v) is 3.45. The van der Waals surface area contributed by atoms with Gasteiger partial charge in [0.15, 0.2) is 0 Å². The Morgan fingerprint density at radius 3 is 2.10 bits per heavy atom. The Bertz CT molecular complexity index is 455. The number of hydrogen-bond donors (Lipinski definition) is 3. The molecule has 0 saturated heterocycles. The normalized spacial score (nSPS) is 10.5. The fourth-order valence-electron chi connectivity index (χ4n) is 2.37. The molecule has 0 radical (unpaired) electrons. The van der Waals surface area contributed by atoms with E-state index in [0.717, 1.165) is 24.5 Å². The molecule has 118 valence electrons. The quantitative estimate of drug-likeness (QED) is 0.614. The number of nitrogens with two attached hydrogens (primary N) is 1. The van der Waals surface area contributed by atoms with Crippen LogP contribution in [0.15, 0.2) is 18.2 Å². The zero-order valence-electron chi connectivity index (χ0n) is 12.7. The summed E-state index contributed by atoms with van der Waals surface area (Å²) in [6.45, 7) is 6.35. The maximum Gasteiger partial charge on any atom is 0.250 e. The van der Waals surface area contributed by atoms with E-state index in [2.05, 4.69) is 4.90 Å². The van der Waals surface area contributed by atoms with Crippen LogP contribution in [0.25, 0.3) is 0 Å². The monoisotopic (exact) mass is 295 g/mol. The molecule has 0 fully saturated rings. The lowest BCUT2D eigenvalue weighted by Gasteiger charge is -2.27. The van der Waals surface area contributed by atoms with Gasteiger partial charge in [-0.05, 0) is 32.0 Å². The van der Waals surface area contributed by atoms with Crippen molar-refractivity contribution < 1.29 is 15.0 Å². The molecule has 1 rings (SSSR count). The molecule has 0 aliphatic heterocycles. The summed E-state index contributed by atoms with van der Waals surface area (Å²) >= 11 is 0. The summed E-state index contributed by atoms with van der Waals surface area (Å²) in [5.41, 5.74) is 7.53. The zero-order valence-corrected chi connectivity index (χ0v) is 12.7. The van der Waals surface area contributed by atoms with Crippen molar-refractivity contribution in [1.29, 1.82) is 0 Å². The maximum absolute atomic E-state index is 11.7. The SMILES string of the molecule is CCN(CC)c1ccc(N(CCO)CCO)cc1C(N)=O. The second kappa shape index (κ2) is 8.49. The smallest absolute Gasteiger partial charge is 0.250 e. The van der Waals surface area contributed by atoms with Crippen LogP contribution in [-0.2, 0) is 0 Å². The molecule has 4 N–H and O–H groups in total. The van der Waals surface area contributed by atoms with Crippen molar-refractivity contribution >= 4 is 17.3 Å². The Hall–Kier alpha value is -1.79. The number of primary amides is 1. The summed E-state index contributed by atoms with van der Waals surface area (Å²) in [5.74, 6) is -0.480. The lowest BCUT2D eigenvalue weighted by atomic mass is 10.1. The molecule has 0 heterocycles. The number of anilines is 2. The van der Waals surface area contributed by atoms with Crippen molar-refractivity contribution in [1.82, 2.24) is 0 Å². The maximum atomic E-state index is 11.7. The van der Waals surface area contributed by atoms with Crippen LogP contribution in [0.3, 0.4) is 0 Å². The molecular weight excluding hydrogens is 270 g/mol. The number of carbonyl (C=O) groups excluding carboxylic acids is 1. The summed E-state index contributed by atoms with van der Waals surface area (Å²) in [6, 6.07) is 5.47. The average molecular weight is 295 g/mol. The standard InChI is InChI=1S/C15H25N3O3/c1-3-17(4-2)14-6-5-12(11-13(14)15(16)21)18(7-9-19)8-10-20/h5-6,11,19-20H,3-4,7-10H2,1-2H3,(H2,16,21). The Labute approximate surface area is 125 Å². The number of amides is 1. The fraction of sp³-hybridized carbons (Fsp3) is 0.533.